The smallest absolute Gasteiger partial charge is 0.107 e. The van der Waals surface area contributed by atoms with Crippen LogP contribution >= 0.6 is 34.9 Å². The number of nitrogens with one attached hydrogen (secondary N) is 1. The number of nitrogens with zero attached hydrogens (tertiary/aromatic N) is 1. The van der Waals surface area contributed by atoms with Crippen LogP contribution in [0.15, 0.2) is 0 Å². The highest BCUT2D eigenvalue weighted by molar-refractivity contribution is 8.07. The maximum absolute atomic E-state index is 4.81. The van der Waals surface area contributed by atoms with E-state index in [4.69, 9.17) is 4.98 Å². The van der Waals surface area contributed by atoms with Gasteiger partial charge in [0.2, 0.25) is 0 Å². The molecular formula is C13H22N2S3. The van der Waals surface area contributed by atoms with E-state index >= 15 is 0 Å². The number of thioether (sulfide) groups is 2. The van der Waals surface area contributed by atoms with Gasteiger partial charge >= 0.3 is 0 Å². The van der Waals surface area contributed by atoms with Crippen molar-refractivity contribution in [2.75, 3.05) is 12.8 Å². The third-order valence-electron chi connectivity index (χ3n) is 3.50. The van der Waals surface area contributed by atoms with Gasteiger partial charge in [0.15, 0.2) is 0 Å². The molecule has 0 bridgehead atoms. The van der Waals surface area contributed by atoms with Crippen LogP contribution in [0.2, 0.25) is 0 Å². The van der Waals surface area contributed by atoms with Gasteiger partial charge in [-0.3, -0.25) is 0 Å². The van der Waals surface area contributed by atoms with Gasteiger partial charge in [-0.25, -0.2) is 4.98 Å². The van der Waals surface area contributed by atoms with E-state index < -0.39 is 0 Å². The zero-order chi connectivity index (χ0) is 13.3. The molecule has 0 spiro atoms. The molecule has 0 saturated carbocycles. The molecule has 1 aromatic rings. The normalized spacial score (nSPS) is 30.4. The van der Waals surface area contributed by atoms with E-state index in [1.165, 1.54) is 21.3 Å². The summed E-state index contributed by atoms with van der Waals surface area (Å²) >= 11 is 6.08. The summed E-state index contributed by atoms with van der Waals surface area (Å²) in [5.41, 5.74) is 1.20. The predicted octanol–water partition coefficient (Wildman–Crippen LogP) is 4.03. The van der Waals surface area contributed by atoms with Gasteiger partial charge in [-0.15, -0.1) is 23.1 Å². The number of aromatic nitrogens is 1. The SMILES string of the molecule is CNC(C)c1sc(C2CSC(C)C(C)S2)nc1C. The Balaban J connectivity index is 2.14. The molecular weight excluding hydrogens is 280 g/mol. The second-order valence-electron chi connectivity index (χ2n) is 4.88. The standard InChI is InChI=1S/C13H22N2S3/c1-7(14-5)12-8(2)15-13(18-12)11-6-16-9(3)10(4)17-11/h7,9-11,14H,6H2,1-5H3. The van der Waals surface area contributed by atoms with Crippen molar-refractivity contribution in [1.82, 2.24) is 10.3 Å². The molecule has 102 valence electrons. The Morgan fingerprint density at radius 3 is 2.67 bits per heavy atom. The van der Waals surface area contributed by atoms with Gasteiger partial charge in [0.25, 0.3) is 0 Å². The summed E-state index contributed by atoms with van der Waals surface area (Å²) in [6.07, 6.45) is 0. The fourth-order valence-corrected chi connectivity index (χ4v) is 6.33. The third kappa shape index (κ3) is 3.06. The second kappa shape index (κ2) is 6.16. The van der Waals surface area contributed by atoms with E-state index in [9.17, 15) is 0 Å². The number of aryl methyl sites for hydroxylation is 1. The topological polar surface area (TPSA) is 24.9 Å². The highest BCUT2D eigenvalue weighted by Crippen LogP contribution is 2.46. The third-order valence-corrected chi connectivity index (χ3v) is 8.50. The minimum absolute atomic E-state index is 0.411. The Morgan fingerprint density at radius 2 is 2.06 bits per heavy atom. The van der Waals surface area contributed by atoms with E-state index in [0.717, 1.165) is 10.5 Å². The summed E-state index contributed by atoms with van der Waals surface area (Å²) in [6.45, 7) is 9.01. The predicted molar refractivity (Wildman–Crippen MR) is 86.0 cm³/mol. The van der Waals surface area contributed by atoms with Crippen molar-refractivity contribution < 1.29 is 0 Å². The Bertz CT molecular complexity index is 405. The summed E-state index contributed by atoms with van der Waals surface area (Å²) in [4.78, 5) is 6.20. The zero-order valence-electron chi connectivity index (χ0n) is 11.7. The number of rotatable bonds is 3. The minimum Gasteiger partial charge on any atom is -0.312 e. The van der Waals surface area contributed by atoms with Gasteiger partial charge in [-0.05, 0) is 20.9 Å². The fraction of sp³-hybridized carbons (Fsp3) is 0.769. The van der Waals surface area contributed by atoms with Gasteiger partial charge in [0.05, 0.1) is 10.9 Å². The Labute approximate surface area is 123 Å². The lowest BCUT2D eigenvalue weighted by Gasteiger charge is -2.30. The molecule has 1 aliphatic rings. The van der Waals surface area contributed by atoms with E-state index in [-0.39, 0.29) is 0 Å². The molecule has 0 aromatic carbocycles. The molecule has 0 amide bonds. The first-order valence-corrected chi connectivity index (χ1v) is 9.25. The summed E-state index contributed by atoms with van der Waals surface area (Å²) in [6, 6.07) is 0.411. The molecule has 1 aliphatic heterocycles. The summed E-state index contributed by atoms with van der Waals surface area (Å²) in [7, 11) is 2.01. The first kappa shape index (κ1) is 14.7. The lowest BCUT2D eigenvalue weighted by molar-refractivity contribution is 0.658. The van der Waals surface area contributed by atoms with Gasteiger partial charge < -0.3 is 5.32 Å². The molecule has 1 aromatic heterocycles. The van der Waals surface area contributed by atoms with Crippen molar-refractivity contribution in [3.8, 4) is 0 Å². The van der Waals surface area contributed by atoms with Crippen LogP contribution in [-0.2, 0) is 0 Å². The van der Waals surface area contributed by atoms with Crippen LogP contribution in [-0.4, -0.2) is 28.3 Å². The molecule has 1 saturated heterocycles. The van der Waals surface area contributed by atoms with Crippen molar-refractivity contribution in [1.29, 1.82) is 0 Å². The summed E-state index contributed by atoms with van der Waals surface area (Å²) < 4.78 is 0. The van der Waals surface area contributed by atoms with Crippen molar-refractivity contribution in [2.24, 2.45) is 0 Å². The molecule has 1 fully saturated rings. The Kier molecular flexibility index (Phi) is 5.03. The van der Waals surface area contributed by atoms with E-state index in [1.54, 1.807) is 0 Å². The van der Waals surface area contributed by atoms with Crippen molar-refractivity contribution in [3.63, 3.8) is 0 Å². The number of thiazole rings is 1. The molecule has 2 rings (SSSR count). The monoisotopic (exact) mass is 302 g/mol. The molecule has 2 heterocycles. The van der Waals surface area contributed by atoms with Crippen molar-refractivity contribution >= 4 is 34.9 Å². The number of hydrogen-bond acceptors (Lipinski definition) is 5. The number of hydrogen-bond donors (Lipinski definition) is 1. The maximum Gasteiger partial charge on any atom is 0.107 e. The van der Waals surface area contributed by atoms with Crippen LogP contribution < -0.4 is 5.32 Å². The van der Waals surface area contributed by atoms with Gasteiger partial charge in [-0.2, -0.15) is 11.8 Å². The molecule has 5 heteroatoms. The first-order valence-electron chi connectivity index (χ1n) is 6.44. The van der Waals surface area contributed by atoms with Gasteiger partial charge in [0, 0.05) is 27.2 Å². The van der Waals surface area contributed by atoms with Gasteiger partial charge in [0.1, 0.15) is 5.01 Å². The Morgan fingerprint density at radius 1 is 1.33 bits per heavy atom. The van der Waals surface area contributed by atoms with E-state index in [2.05, 4.69) is 56.5 Å². The molecule has 18 heavy (non-hydrogen) atoms. The maximum atomic E-state index is 4.81. The van der Waals surface area contributed by atoms with Crippen molar-refractivity contribution in [2.45, 2.75) is 49.5 Å². The van der Waals surface area contributed by atoms with Crippen LogP contribution in [0.1, 0.15) is 47.6 Å². The average molecular weight is 303 g/mol. The lowest BCUT2D eigenvalue weighted by atomic mass is 10.2. The average Bonchev–Trinajstić information content (AvgIpc) is 2.74. The Hall–Kier alpha value is 0.290. The fourth-order valence-electron chi connectivity index (χ4n) is 2.01. The van der Waals surface area contributed by atoms with Crippen LogP contribution in [0.25, 0.3) is 0 Å². The zero-order valence-corrected chi connectivity index (χ0v) is 14.1. The minimum atomic E-state index is 0.411. The molecule has 0 radical (unpaired) electrons. The molecule has 4 unspecified atom stereocenters. The van der Waals surface area contributed by atoms with Gasteiger partial charge in [-0.1, -0.05) is 13.8 Å². The molecule has 4 atom stereocenters. The quantitative estimate of drug-likeness (QED) is 0.911. The summed E-state index contributed by atoms with van der Waals surface area (Å²) in [5, 5.41) is 6.71. The first-order chi connectivity index (χ1) is 8.52. The van der Waals surface area contributed by atoms with Crippen LogP contribution in [0.4, 0.5) is 0 Å². The molecule has 0 aliphatic carbocycles. The molecule has 1 N–H and O–H groups in total. The summed E-state index contributed by atoms with van der Waals surface area (Å²) in [5.74, 6) is 1.20. The van der Waals surface area contributed by atoms with Crippen LogP contribution in [0.5, 0.6) is 0 Å². The largest absolute Gasteiger partial charge is 0.312 e. The van der Waals surface area contributed by atoms with E-state index in [0.29, 0.717) is 11.3 Å². The van der Waals surface area contributed by atoms with E-state index in [1.807, 2.05) is 18.4 Å². The van der Waals surface area contributed by atoms with Crippen molar-refractivity contribution in [3.05, 3.63) is 15.6 Å². The van der Waals surface area contributed by atoms with Crippen LogP contribution in [0, 0.1) is 6.92 Å². The van der Waals surface area contributed by atoms with Crippen LogP contribution in [0.3, 0.4) is 0 Å². The highest BCUT2D eigenvalue weighted by Gasteiger charge is 2.29. The lowest BCUT2D eigenvalue weighted by Crippen LogP contribution is -2.21. The second-order valence-corrected chi connectivity index (χ2v) is 8.94. The molecule has 2 nitrogen and oxygen atoms in total. The highest BCUT2D eigenvalue weighted by atomic mass is 32.2.